The molecule has 1 fully saturated rings. The van der Waals surface area contributed by atoms with Crippen molar-refractivity contribution in [3.63, 3.8) is 0 Å². The maximum absolute atomic E-state index is 14.3. The summed E-state index contributed by atoms with van der Waals surface area (Å²) in [7, 11) is 1.47. The molecule has 134 valence electrons. The number of ether oxygens (including phenoxy) is 1. The second-order valence-electron chi connectivity index (χ2n) is 6.58. The number of imidazole rings is 1. The van der Waals surface area contributed by atoms with E-state index in [2.05, 4.69) is 9.97 Å². The number of piperidine rings is 1. The van der Waals surface area contributed by atoms with E-state index < -0.39 is 5.82 Å². The van der Waals surface area contributed by atoms with Crippen LogP contribution in [0.1, 0.15) is 34.9 Å². The van der Waals surface area contributed by atoms with Crippen LogP contribution in [0.25, 0.3) is 11.0 Å². The van der Waals surface area contributed by atoms with Gasteiger partial charge in [0.2, 0.25) is 0 Å². The minimum absolute atomic E-state index is 0.0797. The van der Waals surface area contributed by atoms with Gasteiger partial charge in [0.25, 0.3) is 5.91 Å². The second-order valence-corrected chi connectivity index (χ2v) is 6.58. The van der Waals surface area contributed by atoms with Gasteiger partial charge in [-0.15, -0.1) is 0 Å². The molecular weight excluding hydrogens is 333 g/mol. The van der Waals surface area contributed by atoms with Crippen LogP contribution in [0.3, 0.4) is 0 Å². The minimum atomic E-state index is -0.555. The number of H-pyrrole nitrogens is 1. The first-order chi connectivity index (χ1) is 12.7. The fraction of sp³-hybridized carbons (Fsp3) is 0.300. The van der Waals surface area contributed by atoms with Gasteiger partial charge in [-0.1, -0.05) is 12.1 Å². The van der Waals surface area contributed by atoms with E-state index in [0.29, 0.717) is 18.8 Å². The number of fused-ring (bicyclic) bond motifs is 1. The van der Waals surface area contributed by atoms with Crippen molar-refractivity contribution < 1.29 is 13.9 Å². The van der Waals surface area contributed by atoms with Crippen molar-refractivity contribution in [2.24, 2.45) is 0 Å². The maximum atomic E-state index is 14.3. The summed E-state index contributed by atoms with van der Waals surface area (Å²) in [5.74, 6) is 0.573. The number of amides is 1. The van der Waals surface area contributed by atoms with E-state index in [9.17, 15) is 9.18 Å². The van der Waals surface area contributed by atoms with Gasteiger partial charge < -0.3 is 14.6 Å². The summed E-state index contributed by atoms with van der Waals surface area (Å²) in [6, 6.07) is 12.2. The van der Waals surface area contributed by atoms with Crippen LogP contribution < -0.4 is 4.74 Å². The molecule has 5 nitrogen and oxygen atoms in total. The highest BCUT2D eigenvalue weighted by atomic mass is 19.1. The van der Waals surface area contributed by atoms with Crippen LogP contribution in [0.5, 0.6) is 5.75 Å². The number of hydrogen-bond acceptors (Lipinski definition) is 3. The second kappa shape index (κ2) is 6.78. The number of nitrogens with one attached hydrogen (secondary N) is 1. The molecule has 0 aliphatic carbocycles. The van der Waals surface area contributed by atoms with E-state index in [1.54, 1.807) is 11.0 Å². The number of likely N-dealkylation sites (tertiary alicyclic amines) is 1. The number of rotatable bonds is 3. The zero-order chi connectivity index (χ0) is 18.1. The first-order valence-corrected chi connectivity index (χ1v) is 8.73. The lowest BCUT2D eigenvalue weighted by Gasteiger charge is -2.32. The molecule has 2 aromatic carbocycles. The average Bonchev–Trinajstić information content (AvgIpc) is 3.12. The largest absolute Gasteiger partial charge is 0.497 e. The standard InChI is InChI=1S/C20H20FN3O2/c1-26-14-8-9-15(16(21)11-14)20(25)24-10-4-5-13(12-24)19-22-17-6-2-3-7-18(17)23-19/h2-3,6-9,11,13H,4-5,10,12H2,1H3,(H,22,23)/t13-/m1/s1. The lowest BCUT2D eigenvalue weighted by Crippen LogP contribution is -2.39. The summed E-state index contributed by atoms with van der Waals surface area (Å²) < 4.78 is 19.3. The molecule has 3 aromatic rings. The van der Waals surface area contributed by atoms with Crippen LogP contribution in [-0.4, -0.2) is 41.0 Å². The van der Waals surface area contributed by atoms with Crippen molar-refractivity contribution in [1.29, 1.82) is 0 Å². The van der Waals surface area contributed by atoms with Crippen molar-refractivity contribution in [3.05, 3.63) is 59.7 Å². The number of benzene rings is 2. The first kappa shape index (κ1) is 16.6. The van der Waals surface area contributed by atoms with Gasteiger partial charge in [-0.25, -0.2) is 9.37 Å². The molecule has 1 atom stereocenters. The Bertz CT molecular complexity index is 920. The highest BCUT2D eigenvalue weighted by Gasteiger charge is 2.28. The maximum Gasteiger partial charge on any atom is 0.256 e. The van der Waals surface area contributed by atoms with Gasteiger partial charge in [-0.3, -0.25) is 4.79 Å². The van der Waals surface area contributed by atoms with Gasteiger partial charge in [-0.2, -0.15) is 0 Å². The number of halogens is 1. The van der Waals surface area contributed by atoms with Crippen molar-refractivity contribution >= 4 is 16.9 Å². The third kappa shape index (κ3) is 3.03. The Morgan fingerprint density at radius 1 is 1.31 bits per heavy atom. The third-order valence-corrected chi connectivity index (χ3v) is 4.91. The molecule has 1 aliphatic heterocycles. The Balaban J connectivity index is 1.55. The molecular formula is C20H20FN3O2. The summed E-state index contributed by atoms with van der Waals surface area (Å²) in [6.07, 6.45) is 1.82. The predicted molar refractivity (Wildman–Crippen MR) is 96.9 cm³/mol. The van der Waals surface area contributed by atoms with Gasteiger partial charge in [-0.05, 0) is 37.1 Å². The Morgan fingerprint density at radius 2 is 2.15 bits per heavy atom. The van der Waals surface area contributed by atoms with Crippen molar-refractivity contribution in [2.75, 3.05) is 20.2 Å². The normalized spacial score (nSPS) is 17.5. The Kier molecular flexibility index (Phi) is 4.32. The van der Waals surface area contributed by atoms with Crippen LogP contribution in [0.15, 0.2) is 42.5 Å². The fourth-order valence-electron chi connectivity index (χ4n) is 3.52. The molecule has 1 amide bonds. The van der Waals surface area contributed by atoms with E-state index in [0.717, 1.165) is 29.7 Å². The van der Waals surface area contributed by atoms with Crippen molar-refractivity contribution in [3.8, 4) is 5.75 Å². The summed E-state index contributed by atoms with van der Waals surface area (Å²) in [6.45, 7) is 1.16. The van der Waals surface area contributed by atoms with Gasteiger partial charge in [0.15, 0.2) is 0 Å². The van der Waals surface area contributed by atoms with Gasteiger partial charge in [0.05, 0.1) is 23.7 Å². The Morgan fingerprint density at radius 3 is 2.92 bits per heavy atom. The fourth-order valence-corrected chi connectivity index (χ4v) is 3.52. The zero-order valence-corrected chi connectivity index (χ0v) is 14.5. The van der Waals surface area contributed by atoms with E-state index in [1.807, 2.05) is 24.3 Å². The molecule has 0 unspecified atom stereocenters. The van der Waals surface area contributed by atoms with E-state index >= 15 is 0 Å². The SMILES string of the molecule is COc1ccc(C(=O)N2CCC[C@@H](c3nc4ccccc4[nH]3)C2)c(F)c1. The third-order valence-electron chi connectivity index (χ3n) is 4.91. The van der Waals surface area contributed by atoms with Gasteiger partial charge in [0.1, 0.15) is 17.4 Å². The van der Waals surface area contributed by atoms with Crippen LogP contribution in [0, 0.1) is 5.82 Å². The minimum Gasteiger partial charge on any atom is -0.497 e. The number of methoxy groups -OCH3 is 1. The van der Waals surface area contributed by atoms with Crippen molar-refractivity contribution in [1.82, 2.24) is 14.9 Å². The summed E-state index contributed by atoms with van der Waals surface area (Å²) >= 11 is 0. The van der Waals surface area contributed by atoms with Crippen LogP contribution in [0.2, 0.25) is 0 Å². The summed E-state index contributed by atoms with van der Waals surface area (Å²) in [4.78, 5) is 22.5. The smallest absolute Gasteiger partial charge is 0.256 e. The number of carbonyl (C=O) groups is 1. The van der Waals surface area contributed by atoms with Gasteiger partial charge in [0, 0.05) is 25.1 Å². The lowest BCUT2D eigenvalue weighted by molar-refractivity contribution is 0.0700. The summed E-state index contributed by atoms with van der Waals surface area (Å²) in [5, 5.41) is 0. The number of carbonyl (C=O) groups excluding carboxylic acids is 1. The number of nitrogens with zero attached hydrogens (tertiary/aromatic N) is 2. The monoisotopic (exact) mass is 353 g/mol. The molecule has 26 heavy (non-hydrogen) atoms. The zero-order valence-electron chi connectivity index (χ0n) is 14.5. The molecule has 2 heterocycles. The van der Waals surface area contributed by atoms with Crippen LogP contribution in [-0.2, 0) is 0 Å². The molecule has 1 saturated heterocycles. The first-order valence-electron chi connectivity index (χ1n) is 8.73. The highest BCUT2D eigenvalue weighted by molar-refractivity contribution is 5.94. The number of aromatic amines is 1. The summed E-state index contributed by atoms with van der Waals surface area (Å²) in [5.41, 5.74) is 2.00. The Hall–Kier alpha value is -2.89. The number of para-hydroxylation sites is 2. The number of hydrogen-bond donors (Lipinski definition) is 1. The molecule has 0 radical (unpaired) electrons. The molecule has 0 bridgehead atoms. The van der Waals surface area contributed by atoms with E-state index in [1.165, 1.54) is 19.2 Å². The highest BCUT2D eigenvalue weighted by Crippen LogP contribution is 2.28. The van der Waals surface area contributed by atoms with Crippen LogP contribution >= 0.6 is 0 Å². The quantitative estimate of drug-likeness (QED) is 0.780. The van der Waals surface area contributed by atoms with Crippen molar-refractivity contribution in [2.45, 2.75) is 18.8 Å². The predicted octanol–water partition coefficient (Wildman–Crippen LogP) is 3.73. The molecule has 1 aliphatic rings. The molecule has 0 spiro atoms. The molecule has 0 saturated carbocycles. The van der Waals surface area contributed by atoms with Gasteiger partial charge >= 0.3 is 0 Å². The Labute approximate surface area is 150 Å². The van der Waals surface area contributed by atoms with Crippen LogP contribution in [0.4, 0.5) is 4.39 Å². The number of aromatic nitrogens is 2. The lowest BCUT2D eigenvalue weighted by atomic mass is 9.96. The van der Waals surface area contributed by atoms with E-state index in [-0.39, 0.29) is 17.4 Å². The van der Waals surface area contributed by atoms with E-state index in [4.69, 9.17) is 4.74 Å². The molecule has 4 rings (SSSR count). The average molecular weight is 353 g/mol. The topological polar surface area (TPSA) is 58.2 Å². The molecule has 6 heteroatoms. The molecule has 1 N–H and O–H groups in total. The molecule has 1 aromatic heterocycles.